The first-order chi connectivity index (χ1) is 13.2. The van der Waals surface area contributed by atoms with Gasteiger partial charge >= 0.3 is 0 Å². The summed E-state index contributed by atoms with van der Waals surface area (Å²) in [5, 5.41) is 4.11. The van der Waals surface area contributed by atoms with Gasteiger partial charge in [-0.25, -0.2) is 0 Å². The summed E-state index contributed by atoms with van der Waals surface area (Å²) < 4.78 is 10.7. The fourth-order valence-corrected chi connectivity index (χ4v) is 4.43. The fraction of sp³-hybridized carbons (Fsp3) is 0.750. The molecule has 0 aromatic carbocycles. The van der Waals surface area contributed by atoms with Crippen molar-refractivity contribution in [2.45, 2.75) is 51.4 Å². The van der Waals surface area contributed by atoms with Gasteiger partial charge in [0, 0.05) is 38.2 Å². The molecule has 2 aliphatic heterocycles. The van der Waals surface area contributed by atoms with Gasteiger partial charge in [-0.2, -0.15) is 0 Å². The molecule has 4 rings (SSSR count). The third kappa shape index (κ3) is 4.18. The fourth-order valence-electron chi connectivity index (χ4n) is 4.43. The number of hydrogen-bond acceptors (Lipinski definition) is 5. The van der Waals surface area contributed by atoms with Gasteiger partial charge in [0.1, 0.15) is 0 Å². The SMILES string of the molecule is O=C(CCC1CCN(C(=O)c2onc3c2CCCC3)CC1)N1CCOCC1. The van der Waals surface area contributed by atoms with Gasteiger partial charge in [0.05, 0.1) is 18.9 Å². The van der Waals surface area contributed by atoms with Crippen LogP contribution in [-0.2, 0) is 22.4 Å². The summed E-state index contributed by atoms with van der Waals surface area (Å²) in [5.41, 5.74) is 2.01. The highest BCUT2D eigenvalue weighted by Crippen LogP contribution is 2.28. The molecule has 2 fully saturated rings. The van der Waals surface area contributed by atoms with Gasteiger partial charge in [0.25, 0.3) is 5.91 Å². The molecule has 2 saturated heterocycles. The molecule has 0 radical (unpaired) electrons. The number of aromatic nitrogens is 1. The van der Waals surface area contributed by atoms with Crippen molar-refractivity contribution >= 4 is 11.8 Å². The van der Waals surface area contributed by atoms with Crippen molar-refractivity contribution in [3.8, 4) is 0 Å². The summed E-state index contributed by atoms with van der Waals surface area (Å²) in [6.07, 6.45) is 7.49. The maximum atomic E-state index is 12.8. The van der Waals surface area contributed by atoms with Crippen LogP contribution in [0.15, 0.2) is 4.52 Å². The molecule has 7 heteroatoms. The molecule has 0 spiro atoms. The summed E-state index contributed by atoms with van der Waals surface area (Å²) in [7, 11) is 0. The van der Waals surface area contributed by atoms with Crippen LogP contribution in [0.2, 0.25) is 0 Å². The van der Waals surface area contributed by atoms with Gasteiger partial charge in [-0.15, -0.1) is 0 Å². The Labute approximate surface area is 160 Å². The highest BCUT2D eigenvalue weighted by molar-refractivity contribution is 5.93. The van der Waals surface area contributed by atoms with Crippen LogP contribution in [0.1, 0.15) is 60.3 Å². The minimum Gasteiger partial charge on any atom is -0.378 e. The van der Waals surface area contributed by atoms with E-state index < -0.39 is 0 Å². The van der Waals surface area contributed by atoms with Gasteiger partial charge in [-0.3, -0.25) is 9.59 Å². The molecule has 1 aromatic heterocycles. The lowest BCUT2D eigenvalue weighted by Crippen LogP contribution is -2.41. The number of carbonyl (C=O) groups is 2. The number of ether oxygens (including phenoxy) is 1. The molecule has 1 aromatic rings. The maximum absolute atomic E-state index is 12.8. The van der Waals surface area contributed by atoms with E-state index in [-0.39, 0.29) is 11.8 Å². The zero-order chi connectivity index (χ0) is 18.6. The van der Waals surface area contributed by atoms with Crippen molar-refractivity contribution < 1.29 is 18.8 Å². The Morgan fingerprint density at radius 3 is 2.52 bits per heavy atom. The van der Waals surface area contributed by atoms with Crippen molar-refractivity contribution in [1.29, 1.82) is 0 Å². The predicted octanol–water partition coefficient (Wildman–Crippen LogP) is 2.04. The molecule has 0 unspecified atom stereocenters. The second-order valence-corrected chi connectivity index (χ2v) is 7.91. The van der Waals surface area contributed by atoms with Gasteiger partial charge < -0.3 is 19.1 Å². The first-order valence-corrected chi connectivity index (χ1v) is 10.3. The number of fused-ring (bicyclic) bond motifs is 1. The molecule has 2 amide bonds. The highest BCUT2D eigenvalue weighted by Gasteiger charge is 2.30. The zero-order valence-corrected chi connectivity index (χ0v) is 16.0. The van der Waals surface area contributed by atoms with E-state index in [2.05, 4.69) is 5.16 Å². The topological polar surface area (TPSA) is 75.9 Å². The smallest absolute Gasteiger partial charge is 0.292 e. The number of rotatable bonds is 4. The monoisotopic (exact) mass is 375 g/mol. The van der Waals surface area contributed by atoms with E-state index >= 15 is 0 Å². The van der Waals surface area contributed by atoms with Crippen molar-refractivity contribution in [1.82, 2.24) is 15.0 Å². The van der Waals surface area contributed by atoms with Crippen LogP contribution >= 0.6 is 0 Å². The van der Waals surface area contributed by atoms with E-state index in [4.69, 9.17) is 9.26 Å². The highest BCUT2D eigenvalue weighted by atomic mass is 16.5. The first-order valence-electron chi connectivity index (χ1n) is 10.3. The average Bonchev–Trinajstić information content (AvgIpc) is 3.16. The Hall–Kier alpha value is -1.89. The summed E-state index contributed by atoms with van der Waals surface area (Å²) >= 11 is 0. The number of nitrogens with zero attached hydrogens (tertiary/aromatic N) is 3. The quantitative estimate of drug-likeness (QED) is 0.805. The van der Waals surface area contributed by atoms with E-state index in [9.17, 15) is 9.59 Å². The number of carbonyl (C=O) groups excluding carboxylic acids is 2. The standard InChI is InChI=1S/C20H29N3O4/c24-18(22-11-13-26-14-12-22)6-5-15-7-9-23(10-8-15)20(25)19-16-3-1-2-4-17(16)21-27-19/h15H,1-14H2. The van der Waals surface area contributed by atoms with Crippen LogP contribution in [0.3, 0.4) is 0 Å². The number of morpholine rings is 1. The maximum Gasteiger partial charge on any atom is 0.292 e. The minimum absolute atomic E-state index is 0.00602. The molecule has 0 N–H and O–H groups in total. The lowest BCUT2D eigenvalue weighted by atomic mass is 9.91. The molecule has 7 nitrogen and oxygen atoms in total. The predicted molar refractivity (Wildman–Crippen MR) is 98.4 cm³/mol. The molecule has 0 saturated carbocycles. The average molecular weight is 375 g/mol. The molecular weight excluding hydrogens is 346 g/mol. The van der Waals surface area contributed by atoms with Crippen molar-refractivity contribution in [2.75, 3.05) is 39.4 Å². The zero-order valence-electron chi connectivity index (χ0n) is 16.0. The molecule has 0 bridgehead atoms. The summed E-state index contributed by atoms with van der Waals surface area (Å²) in [6, 6.07) is 0. The second kappa shape index (κ2) is 8.42. The van der Waals surface area contributed by atoms with E-state index in [0.29, 0.717) is 44.4 Å². The normalized spacial score (nSPS) is 21.2. The minimum atomic E-state index is -0.00602. The molecule has 1 aliphatic carbocycles. The lowest BCUT2D eigenvalue weighted by molar-refractivity contribution is -0.135. The van der Waals surface area contributed by atoms with Gasteiger partial charge in [0.2, 0.25) is 11.7 Å². The van der Waals surface area contributed by atoms with Gasteiger partial charge in [-0.1, -0.05) is 5.16 Å². The molecule has 27 heavy (non-hydrogen) atoms. The van der Waals surface area contributed by atoms with Crippen LogP contribution < -0.4 is 0 Å². The van der Waals surface area contributed by atoms with Crippen LogP contribution in [0.5, 0.6) is 0 Å². The Kier molecular flexibility index (Phi) is 5.76. The van der Waals surface area contributed by atoms with E-state index in [1.807, 2.05) is 9.80 Å². The molecule has 148 valence electrons. The van der Waals surface area contributed by atoms with Gasteiger partial charge in [0.15, 0.2) is 0 Å². The van der Waals surface area contributed by atoms with Crippen molar-refractivity contribution in [2.24, 2.45) is 5.92 Å². The summed E-state index contributed by atoms with van der Waals surface area (Å²) in [6.45, 7) is 4.21. The number of aryl methyl sites for hydroxylation is 1. The molecular formula is C20H29N3O4. The van der Waals surface area contributed by atoms with Crippen LogP contribution in [-0.4, -0.2) is 66.2 Å². The van der Waals surface area contributed by atoms with E-state index in [1.54, 1.807) is 0 Å². The molecule has 3 aliphatic rings. The largest absolute Gasteiger partial charge is 0.378 e. The number of piperidine rings is 1. The van der Waals surface area contributed by atoms with Crippen LogP contribution in [0.25, 0.3) is 0 Å². The summed E-state index contributed by atoms with van der Waals surface area (Å²) in [4.78, 5) is 28.9. The van der Waals surface area contributed by atoms with E-state index in [1.165, 1.54) is 0 Å². The number of likely N-dealkylation sites (tertiary alicyclic amines) is 1. The lowest BCUT2D eigenvalue weighted by Gasteiger charge is -2.32. The van der Waals surface area contributed by atoms with Crippen molar-refractivity contribution in [3.05, 3.63) is 17.0 Å². The number of hydrogen-bond donors (Lipinski definition) is 0. The van der Waals surface area contributed by atoms with Gasteiger partial charge in [-0.05, 0) is 50.9 Å². The molecule has 3 heterocycles. The first kappa shape index (κ1) is 18.5. The second-order valence-electron chi connectivity index (χ2n) is 7.91. The third-order valence-corrected chi connectivity index (χ3v) is 6.19. The van der Waals surface area contributed by atoms with Crippen LogP contribution in [0, 0.1) is 5.92 Å². The summed E-state index contributed by atoms with van der Waals surface area (Å²) in [5.74, 6) is 1.21. The Balaban J connectivity index is 1.24. The van der Waals surface area contributed by atoms with Crippen LogP contribution in [0.4, 0.5) is 0 Å². The Bertz CT molecular complexity index is 673. The van der Waals surface area contributed by atoms with E-state index in [0.717, 1.165) is 69.3 Å². The Morgan fingerprint density at radius 2 is 1.74 bits per heavy atom. The number of amides is 2. The Morgan fingerprint density at radius 1 is 1.00 bits per heavy atom. The molecule has 0 atom stereocenters. The third-order valence-electron chi connectivity index (χ3n) is 6.19. The van der Waals surface area contributed by atoms with Crippen molar-refractivity contribution in [3.63, 3.8) is 0 Å².